The van der Waals surface area contributed by atoms with Crippen molar-refractivity contribution in [1.29, 1.82) is 0 Å². The number of benzene rings is 3. The first-order chi connectivity index (χ1) is 18.3. The summed E-state index contributed by atoms with van der Waals surface area (Å²) in [6.07, 6.45) is 2.00. The summed E-state index contributed by atoms with van der Waals surface area (Å²) in [5.41, 5.74) is 10.5. The number of aromatic carboxylic acids is 1. The molecule has 0 aliphatic heterocycles. The van der Waals surface area contributed by atoms with Gasteiger partial charge in [0.25, 0.3) is 0 Å². The largest absolute Gasteiger partial charge is 0.478 e. The lowest BCUT2D eigenvalue weighted by Crippen LogP contribution is -2.19. The fourth-order valence-corrected chi connectivity index (χ4v) is 5.91. The van der Waals surface area contributed by atoms with Crippen LogP contribution in [0.2, 0.25) is 15.1 Å². The molecule has 2 aliphatic rings. The van der Waals surface area contributed by atoms with E-state index in [1.165, 1.54) is 0 Å². The summed E-state index contributed by atoms with van der Waals surface area (Å²) in [5, 5.41) is 15.0. The van der Waals surface area contributed by atoms with Crippen molar-refractivity contribution >= 4 is 40.8 Å². The molecule has 3 unspecified atom stereocenters. The van der Waals surface area contributed by atoms with Crippen molar-refractivity contribution in [3.05, 3.63) is 104 Å². The van der Waals surface area contributed by atoms with Crippen molar-refractivity contribution in [2.75, 3.05) is 0 Å². The van der Waals surface area contributed by atoms with Crippen molar-refractivity contribution in [3.63, 3.8) is 0 Å². The molecule has 2 saturated carbocycles. The van der Waals surface area contributed by atoms with E-state index in [9.17, 15) is 9.90 Å². The highest BCUT2D eigenvalue weighted by Crippen LogP contribution is 2.56. The molecule has 194 valence electrons. The monoisotopic (exact) mass is 568 g/mol. The normalized spacial score (nSPS) is 19.3. The summed E-state index contributed by atoms with van der Waals surface area (Å²) in [6.45, 7) is 0. The van der Waals surface area contributed by atoms with Crippen molar-refractivity contribution in [1.82, 2.24) is 5.16 Å². The maximum atomic E-state index is 11.3. The molecule has 0 radical (unpaired) electrons. The van der Waals surface area contributed by atoms with Crippen LogP contribution >= 0.6 is 34.8 Å². The van der Waals surface area contributed by atoms with Crippen LogP contribution in [0.5, 0.6) is 5.75 Å². The van der Waals surface area contributed by atoms with Gasteiger partial charge in [0.05, 0.1) is 21.2 Å². The maximum absolute atomic E-state index is 11.3. The fourth-order valence-electron chi connectivity index (χ4n) is 5.03. The topological polar surface area (TPSA) is 98.6 Å². The molecule has 0 bridgehead atoms. The number of nitrogens with zero attached hydrogens (tertiary/aromatic N) is 1. The zero-order chi connectivity index (χ0) is 26.6. The van der Waals surface area contributed by atoms with Gasteiger partial charge in [0.1, 0.15) is 17.2 Å². The van der Waals surface area contributed by atoms with Gasteiger partial charge in [-0.05, 0) is 78.6 Å². The average Bonchev–Trinajstić information content (AvgIpc) is 3.82. The third kappa shape index (κ3) is 4.78. The molecule has 0 spiro atoms. The molecule has 0 saturated heterocycles. The molecule has 4 aromatic rings. The lowest BCUT2D eigenvalue weighted by atomic mass is 10.0. The summed E-state index contributed by atoms with van der Waals surface area (Å²) < 4.78 is 11.9. The first kappa shape index (κ1) is 25.3. The number of hydrogen-bond donors (Lipinski definition) is 2. The molecule has 9 heteroatoms. The highest BCUT2D eigenvalue weighted by atomic mass is 35.5. The lowest BCUT2D eigenvalue weighted by molar-refractivity contribution is 0.0696. The van der Waals surface area contributed by atoms with Crippen LogP contribution in [-0.2, 0) is 0 Å². The van der Waals surface area contributed by atoms with Crippen molar-refractivity contribution in [3.8, 4) is 17.0 Å². The number of hydrogen-bond acceptors (Lipinski definition) is 5. The molecule has 6 nitrogen and oxygen atoms in total. The van der Waals surface area contributed by atoms with Crippen LogP contribution in [-0.4, -0.2) is 16.2 Å². The summed E-state index contributed by atoms with van der Waals surface area (Å²) >= 11 is 19.6. The Bertz CT molecular complexity index is 1530. The van der Waals surface area contributed by atoms with E-state index in [1.54, 1.807) is 42.5 Å². The van der Waals surface area contributed by atoms with Gasteiger partial charge in [-0.1, -0.05) is 64.2 Å². The summed E-state index contributed by atoms with van der Waals surface area (Å²) in [7, 11) is 0. The van der Waals surface area contributed by atoms with Crippen molar-refractivity contribution in [2.45, 2.75) is 43.2 Å². The van der Waals surface area contributed by atoms with E-state index in [0.717, 1.165) is 30.4 Å². The number of carbonyl (C=O) groups is 1. The second-order valence-electron chi connectivity index (χ2n) is 9.78. The van der Waals surface area contributed by atoms with Gasteiger partial charge in [-0.25, -0.2) is 4.79 Å². The average molecular weight is 570 g/mol. The van der Waals surface area contributed by atoms with Gasteiger partial charge < -0.3 is 14.4 Å². The zero-order valence-corrected chi connectivity index (χ0v) is 22.3. The summed E-state index contributed by atoms with van der Waals surface area (Å²) in [4.78, 5) is 11.3. The molecule has 2 aliphatic carbocycles. The molecule has 2 fully saturated rings. The number of carboxylic acid groups (broad SMARTS) is 1. The van der Waals surface area contributed by atoms with Gasteiger partial charge in [-0.3, -0.25) is 5.73 Å². The van der Waals surface area contributed by atoms with Gasteiger partial charge in [-0.15, -0.1) is 0 Å². The van der Waals surface area contributed by atoms with Gasteiger partial charge >= 0.3 is 5.97 Å². The molecule has 3 aromatic carbocycles. The van der Waals surface area contributed by atoms with Crippen LogP contribution in [0.1, 0.15) is 76.1 Å². The van der Waals surface area contributed by atoms with Crippen LogP contribution in [0.25, 0.3) is 11.3 Å². The quantitative estimate of drug-likeness (QED) is 0.208. The Balaban J connectivity index is 1.24. The molecular formula is C29H23Cl3N2O4. The number of carboxylic acids is 1. The number of rotatable bonds is 8. The third-order valence-corrected chi connectivity index (χ3v) is 8.13. The van der Waals surface area contributed by atoms with E-state index in [-0.39, 0.29) is 23.3 Å². The van der Waals surface area contributed by atoms with E-state index in [1.807, 2.05) is 18.2 Å². The fraction of sp³-hybridized carbons (Fsp3) is 0.241. The molecule has 3 N–H and O–H groups in total. The Morgan fingerprint density at radius 1 is 1.00 bits per heavy atom. The van der Waals surface area contributed by atoms with Crippen LogP contribution < -0.4 is 10.5 Å². The van der Waals surface area contributed by atoms with Crippen LogP contribution in [0.4, 0.5) is 0 Å². The van der Waals surface area contributed by atoms with Crippen LogP contribution in [0.15, 0.2) is 65.2 Å². The molecule has 38 heavy (non-hydrogen) atoms. The lowest BCUT2D eigenvalue weighted by Gasteiger charge is -2.17. The highest BCUT2D eigenvalue weighted by molar-refractivity contribution is 6.39. The highest BCUT2D eigenvalue weighted by Gasteiger charge is 2.41. The number of aromatic nitrogens is 1. The number of halogens is 3. The van der Waals surface area contributed by atoms with Gasteiger partial charge in [0.2, 0.25) is 0 Å². The second-order valence-corrected chi connectivity index (χ2v) is 11.0. The van der Waals surface area contributed by atoms with Crippen LogP contribution in [0.3, 0.4) is 0 Å². The minimum atomic E-state index is -0.933. The molecule has 3 atom stereocenters. The first-order valence-corrected chi connectivity index (χ1v) is 13.4. The molecule has 1 heterocycles. The Morgan fingerprint density at radius 3 is 2.42 bits per heavy atom. The van der Waals surface area contributed by atoms with Crippen molar-refractivity contribution in [2.24, 2.45) is 5.73 Å². The van der Waals surface area contributed by atoms with E-state index in [0.29, 0.717) is 43.4 Å². The van der Waals surface area contributed by atoms with Crippen LogP contribution in [0, 0.1) is 0 Å². The van der Waals surface area contributed by atoms with E-state index in [2.05, 4.69) is 5.16 Å². The minimum absolute atomic E-state index is 0.211. The second kappa shape index (κ2) is 9.93. The predicted molar refractivity (Wildman–Crippen MR) is 146 cm³/mol. The molecular weight excluding hydrogens is 547 g/mol. The minimum Gasteiger partial charge on any atom is -0.478 e. The van der Waals surface area contributed by atoms with Gasteiger partial charge in [0, 0.05) is 16.5 Å². The Labute approximate surface area is 234 Å². The predicted octanol–water partition coefficient (Wildman–Crippen LogP) is 8.18. The van der Waals surface area contributed by atoms with Gasteiger partial charge in [-0.2, -0.15) is 0 Å². The Kier molecular flexibility index (Phi) is 6.60. The molecule has 1 aromatic heterocycles. The van der Waals surface area contributed by atoms with Gasteiger partial charge in [0.15, 0.2) is 6.23 Å². The van der Waals surface area contributed by atoms with Crippen molar-refractivity contribution < 1.29 is 19.2 Å². The SMILES string of the molecule is NC(Oc1ccc(C2CC2c2cccc(C(=O)O)c2)c(Cl)c1)c1c(-c2c(Cl)cccc2Cl)noc1C1CC1. The standard InChI is InChI=1S/C29H23Cl3N2O4/c30-21-5-2-6-22(31)24(21)26-25(27(38-34-26)14-7-8-14)28(33)37-17-9-10-18(23(32)12-17)20-13-19(20)15-3-1-4-16(11-15)29(35)36/h1-6,9-12,14,19-20,28H,7-8,13,33H2,(H,35,36). The number of ether oxygens (including phenoxy) is 1. The smallest absolute Gasteiger partial charge is 0.335 e. The maximum Gasteiger partial charge on any atom is 0.335 e. The first-order valence-electron chi connectivity index (χ1n) is 12.3. The van der Waals surface area contributed by atoms with E-state index < -0.39 is 12.2 Å². The Morgan fingerprint density at radius 2 is 1.74 bits per heavy atom. The Hall–Kier alpha value is -3.03. The number of nitrogens with two attached hydrogens (primary N) is 1. The summed E-state index contributed by atoms with van der Waals surface area (Å²) in [6, 6.07) is 17.9. The van der Waals surface area contributed by atoms with E-state index >= 15 is 0 Å². The third-order valence-electron chi connectivity index (χ3n) is 7.17. The summed E-state index contributed by atoms with van der Waals surface area (Å²) in [5.74, 6) is 0.938. The zero-order valence-electron chi connectivity index (χ0n) is 20.0. The molecule has 0 amide bonds. The molecule has 6 rings (SSSR count). The van der Waals surface area contributed by atoms with E-state index in [4.69, 9.17) is 49.8 Å².